The van der Waals surface area contributed by atoms with Crippen molar-refractivity contribution in [3.63, 3.8) is 0 Å². The summed E-state index contributed by atoms with van der Waals surface area (Å²) in [5, 5.41) is 2.15. The molecule has 0 amide bonds. The van der Waals surface area contributed by atoms with Crippen LogP contribution in [-0.4, -0.2) is 10.9 Å². The average molecular weight is 276 g/mol. The molecule has 2 heterocycles. The van der Waals surface area contributed by atoms with Crippen LogP contribution in [-0.2, 0) is 19.6 Å². The molecule has 1 fully saturated rings. The summed E-state index contributed by atoms with van der Waals surface area (Å²) in [6.45, 7) is 4.53. The Hall–Kier alpha value is -1.10. The number of thiophene rings is 1. The summed E-state index contributed by atoms with van der Waals surface area (Å²) in [6.07, 6.45) is 2.65. The first kappa shape index (κ1) is 12.9. The van der Waals surface area contributed by atoms with Gasteiger partial charge in [0.2, 0.25) is 0 Å². The van der Waals surface area contributed by atoms with Gasteiger partial charge in [-0.2, -0.15) is 0 Å². The van der Waals surface area contributed by atoms with Crippen molar-refractivity contribution in [2.75, 3.05) is 0 Å². The van der Waals surface area contributed by atoms with Crippen LogP contribution >= 0.6 is 11.3 Å². The van der Waals surface area contributed by atoms with E-state index in [4.69, 9.17) is 10.2 Å². The van der Waals surface area contributed by atoms with E-state index in [1.807, 2.05) is 18.3 Å². The summed E-state index contributed by atoms with van der Waals surface area (Å²) in [5.74, 6) is 1.90. The summed E-state index contributed by atoms with van der Waals surface area (Å²) in [6, 6.07) is 7.20. The van der Waals surface area contributed by atoms with Gasteiger partial charge in [0.05, 0.1) is 6.54 Å². The van der Waals surface area contributed by atoms with E-state index in [-0.39, 0.29) is 0 Å². The number of aryl methyl sites for hydroxylation is 1. The van der Waals surface area contributed by atoms with Gasteiger partial charge in [-0.15, -0.1) is 11.3 Å². The monoisotopic (exact) mass is 276 g/mol. The first-order valence-electron chi connectivity index (χ1n) is 6.81. The van der Waals surface area contributed by atoms with Gasteiger partial charge in [-0.05, 0) is 37.3 Å². The van der Waals surface area contributed by atoms with E-state index in [0.29, 0.717) is 6.54 Å². The van der Waals surface area contributed by atoms with E-state index in [2.05, 4.69) is 28.5 Å². The molecule has 0 radical (unpaired) electrons. The van der Waals surface area contributed by atoms with Gasteiger partial charge < -0.3 is 10.2 Å². The van der Waals surface area contributed by atoms with Gasteiger partial charge in [-0.3, -0.25) is 4.90 Å². The lowest BCUT2D eigenvalue weighted by molar-refractivity contribution is 0.246. The van der Waals surface area contributed by atoms with Crippen LogP contribution in [0.25, 0.3) is 0 Å². The lowest BCUT2D eigenvalue weighted by atomic mass is 10.2. The highest BCUT2D eigenvalue weighted by molar-refractivity contribution is 7.09. The molecule has 2 aromatic rings. The summed E-state index contributed by atoms with van der Waals surface area (Å²) in [4.78, 5) is 4.00. The molecule has 2 N–H and O–H groups in total. The molecule has 2 aromatic heterocycles. The van der Waals surface area contributed by atoms with E-state index in [1.54, 1.807) is 0 Å². The van der Waals surface area contributed by atoms with Crippen molar-refractivity contribution in [1.82, 2.24) is 4.90 Å². The smallest absolute Gasteiger partial charge is 0.118 e. The molecule has 0 spiro atoms. The lowest BCUT2D eigenvalue weighted by Gasteiger charge is -2.20. The predicted octanol–water partition coefficient (Wildman–Crippen LogP) is 3.27. The molecule has 0 atom stereocenters. The molecule has 4 heteroatoms. The third-order valence-corrected chi connectivity index (χ3v) is 4.51. The molecule has 0 unspecified atom stereocenters. The van der Waals surface area contributed by atoms with E-state index >= 15 is 0 Å². The minimum atomic E-state index is 0.481. The summed E-state index contributed by atoms with van der Waals surface area (Å²) in [7, 11) is 0. The number of nitrogens with two attached hydrogens (primary N) is 1. The van der Waals surface area contributed by atoms with Crippen molar-refractivity contribution in [2.45, 2.75) is 45.4 Å². The van der Waals surface area contributed by atoms with Gasteiger partial charge in [0.25, 0.3) is 0 Å². The van der Waals surface area contributed by atoms with Crippen LogP contribution in [0.15, 0.2) is 28.0 Å². The zero-order valence-electron chi connectivity index (χ0n) is 11.3. The molecule has 19 heavy (non-hydrogen) atoms. The minimum absolute atomic E-state index is 0.481. The number of furan rings is 1. The Kier molecular flexibility index (Phi) is 3.73. The number of nitrogens with zero attached hydrogens (tertiary/aromatic N) is 1. The van der Waals surface area contributed by atoms with Gasteiger partial charge in [0.1, 0.15) is 11.5 Å². The van der Waals surface area contributed by atoms with Crippen LogP contribution in [0.1, 0.15) is 34.8 Å². The Morgan fingerprint density at radius 1 is 1.42 bits per heavy atom. The Labute approximate surface area is 118 Å². The zero-order chi connectivity index (χ0) is 13.2. The normalized spacial score (nSPS) is 15.3. The predicted molar refractivity (Wildman–Crippen MR) is 77.9 cm³/mol. The molecule has 1 aliphatic rings. The third kappa shape index (κ3) is 3.08. The number of rotatable bonds is 6. The fraction of sp³-hybridized carbons (Fsp3) is 0.467. The molecule has 3 nitrogen and oxygen atoms in total. The number of hydrogen-bond donors (Lipinski definition) is 1. The highest BCUT2D eigenvalue weighted by Crippen LogP contribution is 2.31. The van der Waals surface area contributed by atoms with Crippen LogP contribution in [0.3, 0.4) is 0 Å². The Morgan fingerprint density at radius 2 is 2.26 bits per heavy atom. The van der Waals surface area contributed by atoms with Gasteiger partial charge in [0, 0.05) is 29.6 Å². The zero-order valence-corrected chi connectivity index (χ0v) is 12.1. The lowest BCUT2D eigenvalue weighted by Crippen LogP contribution is -2.24. The van der Waals surface area contributed by atoms with E-state index in [1.165, 1.54) is 23.3 Å². The molecule has 1 aliphatic carbocycles. The molecular formula is C15H20N2OS. The minimum Gasteiger partial charge on any atom is -0.465 e. The molecule has 0 aliphatic heterocycles. The Bertz CT molecular complexity index is 528. The highest BCUT2D eigenvalue weighted by Gasteiger charge is 2.29. The number of hydrogen-bond acceptors (Lipinski definition) is 4. The van der Waals surface area contributed by atoms with Crippen molar-refractivity contribution >= 4 is 11.3 Å². The topological polar surface area (TPSA) is 42.4 Å². The average Bonchev–Trinajstić information content (AvgIpc) is 3.02. The largest absolute Gasteiger partial charge is 0.465 e. The maximum absolute atomic E-state index is 5.65. The molecular weight excluding hydrogens is 256 g/mol. The van der Waals surface area contributed by atoms with Crippen molar-refractivity contribution in [3.8, 4) is 0 Å². The fourth-order valence-electron chi connectivity index (χ4n) is 2.42. The van der Waals surface area contributed by atoms with Crippen molar-refractivity contribution in [2.24, 2.45) is 5.73 Å². The SMILES string of the molecule is Cc1oc(CN)cc1CN(Cc1cccs1)C1CC1. The summed E-state index contributed by atoms with van der Waals surface area (Å²) < 4.78 is 5.65. The second-order valence-electron chi connectivity index (χ2n) is 5.21. The van der Waals surface area contributed by atoms with Crippen LogP contribution in [0.4, 0.5) is 0 Å². The molecule has 102 valence electrons. The standard InChI is InChI=1S/C15H20N2OS/c1-11-12(7-14(8-16)18-11)9-17(13-4-5-13)10-15-3-2-6-19-15/h2-3,6-7,13H,4-5,8-10,16H2,1H3. The van der Waals surface area contributed by atoms with Gasteiger partial charge in [0.15, 0.2) is 0 Å². The molecule has 0 aromatic carbocycles. The first-order valence-corrected chi connectivity index (χ1v) is 7.69. The van der Waals surface area contributed by atoms with E-state index in [0.717, 1.165) is 30.7 Å². The maximum Gasteiger partial charge on any atom is 0.118 e. The quantitative estimate of drug-likeness (QED) is 0.880. The second kappa shape index (κ2) is 5.49. The molecule has 3 rings (SSSR count). The second-order valence-corrected chi connectivity index (χ2v) is 6.25. The van der Waals surface area contributed by atoms with Gasteiger partial charge in [-0.1, -0.05) is 6.07 Å². The van der Waals surface area contributed by atoms with E-state index < -0.39 is 0 Å². The van der Waals surface area contributed by atoms with Crippen LogP contribution in [0, 0.1) is 6.92 Å². The van der Waals surface area contributed by atoms with Crippen LogP contribution in [0.2, 0.25) is 0 Å². The van der Waals surface area contributed by atoms with Crippen LogP contribution < -0.4 is 5.73 Å². The third-order valence-electron chi connectivity index (χ3n) is 3.65. The molecule has 0 saturated heterocycles. The Morgan fingerprint density at radius 3 is 2.84 bits per heavy atom. The fourth-order valence-corrected chi connectivity index (χ4v) is 3.15. The van der Waals surface area contributed by atoms with Gasteiger partial charge in [-0.25, -0.2) is 0 Å². The Balaban J connectivity index is 1.72. The maximum atomic E-state index is 5.65. The summed E-state index contributed by atoms with van der Waals surface area (Å²) in [5.41, 5.74) is 6.92. The molecule has 0 bridgehead atoms. The van der Waals surface area contributed by atoms with Crippen molar-refractivity contribution in [1.29, 1.82) is 0 Å². The van der Waals surface area contributed by atoms with Crippen molar-refractivity contribution < 1.29 is 4.42 Å². The first-order chi connectivity index (χ1) is 9.26. The highest BCUT2D eigenvalue weighted by atomic mass is 32.1. The van der Waals surface area contributed by atoms with Gasteiger partial charge >= 0.3 is 0 Å². The molecule has 1 saturated carbocycles. The summed E-state index contributed by atoms with van der Waals surface area (Å²) >= 11 is 1.84. The van der Waals surface area contributed by atoms with E-state index in [9.17, 15) is 0 Å². The van der Waals surface area contributed by atoms with Crippen LogP contribution in [0.5, 0.6) is 0 Å². The van der Waals surface area contributed by atoms with Crippen molar-refractivity contribution in [3.05, 3.63) is 45.5 Å².